The highest BCUT2D eigenvalue weighted by Gasteiger charge is 2.32. The number of aryl methyl sites for hydroxylation is 1. The van der Waals surface area contributed by atoms with Crippen molar-refractivity contribution in [2.45, 2.75) is 6.92 Å². The number of anilines is 1. The third kappa shape index (κ3) is 1.50. The molecule has 6 heteroatoms. The number of hydrogen-bond donors (Lipinski definition) is 0. The normalized spacial score (nSPS) is 16.2. The number of aromatic nitrogens is 2. The lowest BCUT2D eigenvalue weighted by atomic mass is 10.3. The van der Waals surface area contributed by atoms with Crippen LogP contribution >= 0.6 is 15.9 Å². The molecule has 2 amide bonds. The fourth-order valence-corrected chi connectivity index (χ4v) is 1.94. The quantitative estimate of drug-likeness (QED) is 0.715. The number of hydrogen-bond acceptors (Lipinski definition) is 3. The summed E-state index contributed by atoms with van der Waals surface area (Å²) in [4.78, 5) is 24.2. The Morgan fingerprint density at radius 2 is 2.07 bits per heavy atom. The molecule has 0 saturated heterocycles. The molecule has 2 rings (SSSR count). The number of amides is 2. The van der Waals surface area contributed by atoms with Crippen LogP contribution in [0.4, 0.5) is 5.82 Å². The molecular formula is C9H8BrN3O2. The molecule has 0 radical (unpaired) electrons. The zero-order chi connectivity index (χ0) is 11.2. The molecular weight excluding hydrogens is 262 g/mol. The topological polar surface area (TPSA) is 55.2 Å². The van der Waals surface area contributed by atoms with E-state index in [-0.39, 0.29) is 11.8 Å². The lowest BCUT2D eigenvalue weighted by Crippen LogP contribution is -2.31. The van der Waals surface area contributed by atoms with Crippen molar-refractivity contribution in [2.24, 2.45) is 7.05 Å². The van der Waals surface area contributed by atoms with Crippen molar-refractivity contribution < 1.29 is 9.59 Å². The van der Waals surface area contributed by atoms with Crippen molar-refractivity contribution in [1.29, 1.82) is 0 Å². The predicted octanol–water partition coefficient (Wildman–Crippen LogP) is 1.00. The minimum atomic E-state index is -0.350. The smallest absolute Gasteiger partial charge is 0.262 e. The van der Waals surface area contributed by atoms with Gasteiger partial charge in [-0.1, -0.05) is 0 Å². The standard InChI is InChI=1S/C9H8BrN3O2/c1-5-3-7(14)13(9(5)15)8-6(10)4-12(2)11-8/h3-4H,1-2H3. The van der Waals surface area contributed by atoms with Crippen LogP contribution in [0.15, 0.2) is 22.3 Å². The van der Waals surface area contributed by atoms with Gasteiger partial charge in [0.1, 0.15) is 0 Å². The predicted molar refractivity (Wildman–Crippen MR) is 57.2 cm³/mol. The Labute approximate surface area is 94.5 Å². The molecule has 1 aromatic heterocycles. The van der Waals surface area contributed by atoms with Gasteiger partial charge in [-0.3, -0.25) is 14.3 Å². The number of carbonyl (C=O) groups is 2. The molecule has 5 nitrogen and oxygen atoms in total. The second-order valence-electron chi connectivity index (χ2n) is 3.28. The van der Waals surface area contributed by atoms with Crippen LogP contribution in [0.2, 0.25) is 0 Å². The van der Waals surface area contributed by atoms with Gasteiger partial charge in [-0.2, -0.15) is 5.10 Å². The van der Waals surface area contributed by atoms with Crippen molar-refractivity contribution in [1.82, 2.24) is 9.78 Å². The van der Waals surface area contributed by atoms with Gasteiger partial charge in [0.15, 0.2) is 5.82 Å². The van der Waals surface area contributed by atoms with Gasteiger partial charge in [0.25, 0.3) is 11.8 Å². The van der Waals surface area contributed by atoms with E-state index in [0.29, 0.717) is 15.9 Å². The lowest BCUT2D eigenvalue weighted by Gasteiger charge is -2.10. The van der Waals surface area contributed by atoms with Gasteiger partial charge < -0.3 is 0 Å². The van der Waals surface area contributed by atoms with Gasteiger partial charge in [0, 0.05) is 24.9 Å². The van der Waals surface area contributed by atoms with Crippen molar-refractivity contribution in [3.8, 4) is 0 Å². The number of halogens is 1. The summed E-state index contributed by atoms with van der Waals surface area (Å²) in [5.74, 6) is -0.336. The van der Waals surface area contributed by atoms with Gasteiger partial charge in [0.2, 0.25) is 0 Å². The Kier molecular flexibility index (Phi) is 2.22. The van der Waals surface area contributed by atoms with E-state index in [2.05, 4.69) is 21.0 Å². The van der Waals surface area contributed by atoms with E-state index < -0.39 is 0 Å². The Morgan fingerprint density at radius 1 is 1.40 bits per heavy atom. The van der Waals surface area contributed by atoms with E-state index >= 15 is 0 Å². The minimum absolute atomic E-state index is 0.320. The Morgan fingerprint density at radius 3 is 2.47 bits per heavy atom. The summed E-state index contributed by atoms with van der Waals surface area (Å²) in [6.45, 7) is 1.61. The van der Waals surface area contributed by atoms with Crippen LogP contribution in [0.25, 0.3) is 0 Å². The molecule has 15 heavy (non-hydrogen) atoms. The summed E-state index contributed by atoms with van der Waals surface area (Å²) >= 11 is 3.25. The largest absolute Gasteiger partial charge is 0.273 e. The van der Waals surface area contributed by atoms with Gasteiger partial charge in [-0.15, -0.1) is 0 Å². The number of rotatable bonds is 1. The molecule has 1 aliphatic heterocycles. The zero-order valence-corrected chi connectivity index (χ0v) is 9.78. The van der Waals surface area contributed by atoms with Crippen LogP contribution in [-0.4, -0.2) is 21.6 Å². The highest BCUT2D eigenvalue weighted by molar-refractivity contribution is 9.10. The molecule has 0 saturated carbocycles. The van der Waals surface area contributed by atoms with Gasteiger partial charge in [-0.05, 0) is 22.9 Å². The summed E-state index contributed by atoms with van der Waals surface area (Å²) in [7, 11) is 1.72. The average molecular weight is 270 g/mol. The van der Waals surface area contributed by atoms with E-state index in [1.807, 2.05) is 0 Å². The summed E-state index contributed by atoms with van der Waals surface area (Å²) in [5, 5.41) is 4.05. The maximum Gasteiger partial charge on any atom is 0.262 e. The number of nitrogens with zero attached hydrogens (tertiary/aromatic N) is 3. The second-order valence-corrected chi connectivity index (χ2v) is 4.13. The number of imide groups is 1. The molecule has 0 N–H and O–H groups in total. The fraction of sp³-hybridized carbons (Fsp3) is 0.222. The summed E-state index contributed by atoms with van der Waals surface area (Å²) in [5.41, 5.74) is 0.428. The van der Waals surface area contributed by atoms with Crippen LogP contribution < -0.4 is 4.90 Å². The highest BCUT2D eigenvalue weighted by Crippen LogP contribution is 2.27. The van der Waals surface area contributed by atoms with Crippen molar-refractivity contribution in [3.05, 3.63) is 22.3 Å². The maximum absolute atomic E-state index is 11.6. The third-order valence-electron chi connectivity index (χ3n) is 2.08. The van der Waals surface area contributed by atoms with E-state index in [1.54, 1.807) is 20.2 Å². The van der Waals surface area contributed by atoms with Crippen LogP contribution in [0.1, 0.15) is 6.92 Å². The zero-order valence-electron chi connectivity index (χ0n) is 8.19. The summed E-state index contributed by atoms with van der Waals surface area (Å²) < 4.78 is 2.16. The van der Waals surface area contributed by atoms with Gasteiger partial charge in [0.05, 0.1) is 4.47 Å². The molecule has 0 bridgehead atoms. The lowest BCUT2D eigenvalue weighted by molar-refractivity contribution is -0.120. The number of carbonyl (C=O) groups excluding carboxylic acids is 2. The highest BCUT2D eigenvalue weighted by atomic mass is 79.9. The van der Waals surface area contributed by atoms with Crippen LogP contribution in [0.3, 0.4) is 0 Å². The maximum atomic E-state index is 11.6. The Hall–Kier alpha value is -1.43. The van der Waals surface area contributed by atoms with Crippen molar-refractivity contribution in [3.63, 3.8) is 0 Å². The molecule has 0 atom stereocenters. The monoisotopic (exact) mass is 269 g/mol. The van der Waals surface area contributed by atoms with E-state index in [1.165, 1.54) is 10.8 Å². The third-order valence-corrected chi connectivity index (χ3v) is 2.64. The fourth-order valence-electron chi connectivity index (χ4n) is 1.39. The summed E-state index contributed by atoms with van der Waals surface area (Å²) in [6, 6.07) is 0. The Bertz CT molecular complexity index is 490. The average Bonchev–Trinajstić information content (AvgIpc) is 2.56. The first kappa shape index (κ1) is 10.1. The summed E-state index contributed by atoms with van der Waals surface area (Å²) in [6.07, 6.45) is 2.99. The first-order chi connectivity index (χ1) is 7.00. The Balaban J connectivity index is 2.46. The van der Waals surface area contributed by atoms with Crippen LogP contribution in [0.5, 0.6) is 0 Å². The van der Waals surface area contributed by atoms with E-state index in [4.69, 9.17) is 0 Å². The molecule has 1 aliphatic rings. The molecule has 2 heterocycles. The van der Waals surface area contributed by atoms with E-state index in [9.17, 15) is 9.59 Å². The SMILES string of the molecule is CC1=CC(=O)N(c2nn(C)cc2Br)C1=O. The van der Waals surface area contributed by atoms with Gasteiger partial charge >= 0.3 is 0 Å². The molecule has 0 aromatic carbocycles. The molecule has 0 aliphatic carbocycles. The minimum Gasteiger partial charge on any atom is -0.273 e. The second kappa shape index (κ2) is 3.30. The van der Waals surface area contributed by atoms with Crippen LogP contribution in [0, 0.1) is 0 Å². The molecule has 0 unspecified atom stereocenters. The van der Waals surface area contributed by atoms with Gasteiger partial charge in [-0.25, -0.2) is 4.90 Å². The van der Waals surface area contributed by atoms with E-state index in [0.717, 1.165) is 4.90 Å². The molecule has 78 valence electrons. The van der Waals surface area contributed by atoms with Crippen molar-refractivity contribution >= 4 is 33.6 Å². The first-order valence-corrected chi connectivity index (χ1v) is 5.06. The molecule has 0 spiro atoms. The molecule has 0 fully saturated rings. The van der Waals surface area contributed by atoms with Crippen molar-refractivity contribution in [2.75, 3.05) is 4.90 Å². The first-order valence-electron chi connectivity index (χ1n) is 4.26. The molecule has 1 aromatic rings. The van der Waals surface area contributed by atoms with Crippen LogP contribution in [-0.2, 0) is 16.6 Å².